The van der Waals surface area contributed by atoms with Gasteiger partial charge >= 0.3 is 5.88 Å². The third-order valence-corrected chi connectivity index (χ3v) is 3.54. The van der Waals surface area contributed by atoms with E-state index in [9.17, 15) is 18.9 Å². The number of hydrogen-bond donors (Lipinski definition) is 0. The molecule has 0 aliphatic heterocycles. The molecule has 19 heavy (non-hydrogen) atoms. The molecule has 0 fully saturated rings. The molecule has 1 unspecified atom stereocenters. The fourth-order valence-electron chi connectivity index (χ4n) is 1.59. The lowest BCUT2D eigenvalue weighted by Crippen LogP contribution is -1.98. The predicted octanol–water partition coefficient (Wildman–Crippen LogP) is 4.26. The molecule has 1 aromatic carbocycles. The highest BCUT2D eigenvalue weighted by Gasteiger charge is 2.22. The average Bonchev–Trinajstić information content (AvgIpc) is 2.82. The number of hydrogen-bond acceptors (Lipinski definition) is 3. The summed E-state index contributed by atoms with van der Waals surface area (Å²) in [6.07, 6.45) is 0. The molecule has 0 bridgehead atoms. The van der Waals surface area contributed by atoms with Gasteiger partial charge in [0.25, 0.3) is 0 Å². The van der Waals surface area contributed by atoms with E-state index < -0.39 is 27.3 Å². The number of nitro groups is 1. The van der Waals surface area contributed by atoms with Gasteiger partial charge in [0.05, 0.1) is 6.07 Å². The molecule has 7 heteroatoms. The maximum atomic E-state index is 13.8. The summed E-state index contributed by atoms with van der Waals surface area (Å²) in [7, 11) is 0. The summed E-state index contributed by atoms with van der Waals surface area (Å²) in [6, 6.07) is 4.61. The van der Waals surface area contributed by atoms with Gasteiger partial charge in [-0.3, -0.25) is 10.1 Å². The Bertz CT molecular complexity index is 642. The smallest absolute Gasteiger partial charge is 0.404 e. The van der Waals surface area contributed by atoms with E-state index in [-0.39, 0.29) is 16.9 Å². The second kappa shape index (κ2) is 5.08. The Hall–Kier alpha value is -1.76. The van der Waals surface area contributed by atoms with Gasteiger partial charge in [-0.15, -0.1) is 0 Å². The Labute approximate surface area is 115 Å². The molecule has 0 saturated heterocycles. The number of benzene rings is 1. The molecule has 0 aliphatic rings. The van der Waals surface area contributed by atoms with Crippen molar-refractivity contribution in [2.75, 3.05) is 0 Å². The summed E-state index contributed by atoms with van der Waals surface area (Å²) >= 11 is 3.14. The van der Waals surface area contributed by atoms with Gasteiger partial charge in [-0.2, -0.15) is 0 Å². The van der Waals surface area contributed by atoms with Crippen LogP contribution in [0.15, 0.2) is 28.7 Å². The van der Waals surface area contributed by atoms with Crippen LogP contribution in [-0.4, -0.2) is 4.92 Å². The lowest BCUT2D eigenvalue weighted by Gasteiger charge is -2.09. The minimum atomic E-state index is -0.795. The number of rotatable bonds is 3. The van der Waals surface area contributed by atoms with Gasteiger partial charge in [-0.25, -0.2) is 8.78 Å². The molecule has 0 saturated carbocycles. The van der Waals surface area contributed by atoms with E-state index in [1.807, 2.05) is 0 Å². The van der Waals surface area contributed by atoms with Crippen LogP contribution in [0, 0.1) is 28.7 Å². The largest absolute Gasteiger partial charge is 0.433 e. The van der Waals surface area contributed by atoms with E-state index in [2.05, 4.69) is 15.9 Å². The Morgan fingerprint density at radius 1 is 1.32 bits per heavy atom. The first kappa shape index (κ1) is 13.7. The van der Waals surface area contributed by atoms with Crippen LogP contribution in [0.5, 0.6) is 0 Å². The number of halogens is 3. The van der Waals surface area contributed by atoms with Crippen molar-refractivity contribution in [2.24, 2.45) is 0 Å². The lowest BCUT2D eigenvalue weighted by atomic mass is 10.1. The fraction of sp³-hybridized carbons (Fsp3) is 0.167. The summed E-state index contributed by atoms with van der Waals surface area (Å²) in [6.45, 7) is 1.45. The third-order valence-electron chi connectivity index (χ3n) is 2.59. The zero-order valence-corrected chi connectivity index (χ0v) is 11.3. The van der Waals surface area contributed by atoms with E-state index >= 15 is 0 Å². The van der Waals surface area contributed by atoms with Crippen molar-refractivity contribution < 1.29 is 18.1 Å². The first-order chi connectivity index (χ1) is 8.90. The van der Waals surface area contributed by atoms with Crippen LogP contribution >= 0.6 is 15.9 Å². The van der Waals surface area contributed by atoms with Gasteiger partial charge in [0.1, 0.15) is 27.1 Å². The SMILES string of the molecule is Cc1cc(F)c(C(Br)c2ccc([N+](=O)[O-])o2)cc1F. The molecule has 2 rings (SSSR count). The molecular weight excluding hydrogens is 324 g/mol. The average molecular weight is 332 g/mol. The van der Waals surface area contributed by atoms with Crippen molar-refractivity contribution in [2.45, 2.75) is 11.8 Å². The first-order valence-corrected chi connectivity index (χ1v) is 6.15. The summed E-state index contributed by atoms with van der Waals surface area (Å²) in [5, 5.41) is 10.5. The molecule has 1 aromatic heterocycles. The summed E-state index contributed by atoms with van der Waals surface area (Å²) in [5.74, 6) is -1.48. The highest BCUT2D eigenvalue weighted by Crippen LogP contribution is 2.35. The monoisotopic (exact) mass is 331 g/mol. The normalized spacial score (nSPS) is 12.4. The maximum absolute atomic E-state index is 13.8. The maximum Gasteiger partial charge on any atom is 0.433 e. The number of furan rings is 1. The minimum absolute atomic E-state index is 0.0207. The topological polar surface area (TPSA) is 56.3 Å². The van der Waals surface area contributed by atoms with Crippen LogP contribution in [0.2, 0.25) is 0 Å². The second-order valence-electron chi connectivity index (χ2n) is 3.92. The van der Waals surface area contributed by atoms with Crippen molar-refractivity contribution in [3.63, 3.8) is 0 Å². The predicted molar refractivity (Wildman–Crippen MR) is 67.2 cm³/mol. The van der Waals surface area contributed by atoms with Crippen molar-refractivity contribution in [3.8, 4) is 0 Å². The summed E-state index contributed by atoms with van der Waals surface area (Å²) < 4.78 is 32.2. The van der Waals surface area contributed by atoms with Crippen LogP contribution in [-0.2, 0) is 0 Å². The van der Waals surface area contributed by atoms with Crippen molar-refractivity contribution >= 4 is 21.8 Å². The molecule has 1 atom stereocenters. The van der Waals surface area contributed by atoms with Gasteiger partial charge in [-0.05, 0) is 30.7 Å². The Morgan fingerprint density at radius 3 is 2.58 bits per heavy atom. The fourth-order valence-corrected chi connectivity index (χ4v) is 2.18. The molecular formula is C12H8BrF2NO3. The minimum Gasteiger partial charge on any atom is -0.404 e. The van der Waals surface area contributed by atoms with Crippen LogP contribution in [0.25, 0.3) is 0 Å². The number of aryl methyl sites for hydroxylation is 1. The highest BCUT2D eigenvalue weighted by atomic mass is 79.9. The van der Waals surface area contributed by atoms with E-state index in [1.165, 1.54) is 13.0 Å². The Morgan fingerprint density at radius 2 is 2.00 bits per heavy atom. The van der Waals surface area contributed by atoms with Gasteiger partial charge < -0.3 is 4.42 Å². The van der Waals surface area contributed by atoms with E-state index in [0.29, 0.717) is 0 Å². The molecule has 0 aliphatic carbocycles. The zero-order chi connectivity index (χ0) is 14.2. The van der Waals surface area contributed by atoms with Crippen LogP contribution in [0.3, 0.4) is 0 Å². The number of alkyl halides is 1. The van der Waals surface area contributed by atoms with Crippen molar-refractivity contribution in [3.05, 3.63) is 62.9 Å². The molecule has 2 aromatic rings. The summed E-state index contributed by atoms with van der Waals surface area (Å²) in [5.41, 5.74) is 0.207. The van der Waals surface area contributed by atoms with Gasteiger partial charge in [-0.1, -0.05) is 15.9 Å². The van der Waals surface area contributed by atoms with Crippen LogP contribution in [0.1, 0.15) is 21.7 Å². The zero-order valence-electron chi connectivity index (χ0n) is 9.69. The van der Waals surface area contributed by atoms with Crippen LogP contribution in [0.4, 0.5) is 14.7 Å². The third kappa shape index (κ3) is 2.65. The lowest BCUT2D eigenvalue weighted by molar-refractivity contribution is -0.402. The van der Waals surface area contributed by atoms with Crippen LogP contribution < -0.4 is 0 Å². The Kier molecular flexibility index (Phi) is 3.66. The van der Waals surface area contributed by atoms with Crippen molar-refractivity contribution in [1.82, 2.24) is 0 Å². The highest BCUT2D eigenvalue weighted by molar-refractivity contribution is 9.09. The van der Waals surface area contributed by atoms with E-state index in [1.54, 1.807) is 0 Å². The Balaban J connectivity index is 2.40. The van der Waals surface area contributed by atoms with Gasteiger partial charge in [0.2, 0.25) is 0 Å². The first-order valence-electron chi connectivity index (χ1n) is 5.24. The molecule has 4 nitrogen and oxygen atoms in total. The molecule has 0 spiro atoms. The molecule has 0 amide bonds. The molecule has 1 heterocycles. The molecule has 0 N–H and O–H groups in total. The van der Waals surface area contributed by atoms with Gasteiger partial charge in [0, 0.05) is 5.56 Å². The summed E-state index contributed by atoms with van der Waals surface area (Å²) in [4.78, 5) is 9.01. The van der Waals surface area contributed by atoms with Crippen molar-refractivity contribution in [1.29, 1.82) is 0 Å². The molecule has 100 valence electrons. The van der Waals surface area contributed by atoms with E-state index in [0.717, 1.165) is 18.2 Å². The second-order valence-corrected chi connectivity index (χ2v) is 4.83. The standard InChI is InChI=1S/C12H8BrF2NO3/c1-6-4-9(15)7(5-8(6)14)12(13)10-2-3-11(19-10)16(17)18/h2-5,12H,1H3. The quantitative estimate of drug-likeness (QED) is 0.479. The van der Waals surface area contributed by atoms with Gasteiger partial charge in [0.15, 0.2) is 0 Å². The van der Waals surface area contributed by atoms with E-state index in [4.69, 9.17) is 4.42 Å². The number of nitrogens with zero attached hydrogens (tertiary/aromatic N) is 1. The molecule has 0 radical (unpaired) electrons.